The molecule has 7 heteroatoms. The number of thioether (sulfide) groups is 1. The molecule has 0 aliphatic heterocycles. The summed E-state index contributed by atoms with van der Waals surface area (Å²) >= 11 is 7.56. The van der Waals surface area contributed by atoms with Crippen molar-refractivity contribution in [3.63, 3.8) is 0 Å². The van der Waals surface area contributed by atoms with E-state index < -0.39 is 0 Å². The van der Waals surface area contributed by atoms with E-state index in [1.54, 1.807) is 18.0 Å². The Hall–Kier alpha value is -2.57. The largest absolute Gasteiger partial charge is 0.364 e. The normalized spacial score (nSPS) is 10.9. The fourth-order valence-corrected chi connectivity index (χ4v) is 3.38. The number of benzene rings is 2. The molecule has 4 aromatic rings. The van der Waals surface area contributed by atoms with Crippen LogP contribution >= 0.6 is 23.4 Å². The molecule has 5 nitrogen and oxygen atoms in total. The van der Waals surface area contributed by atoms with E-state index in [0.717, 1.165) is 27.9 Å². The summed E-state index contributed by atoms with van der Waals surface area (Å²) in [5.74, 6) is 1.42. The van der Waals surface area contributed by atoms with Crippen molar-refractivity contribution in [2.75, 3.05) is 0 Å². The molecule has 25 heavy (non-hydrogen) atoms. The van der Waals surface area contributed by atoms with E-state index in [1.807, 2.05) is 65.2 Å². The van der Waals surface area contributed by atoms with Gasteiger partial charge in [-0.15, -0.1) is 10.2 Å². The zero-order chi connectivity index (χ0) is 17.1. The van der Waals surface area contributed by atoms with Gasteiger partial charge in [-0.1, -0.05) is 46.7 Å². The van der Waals surface area contributed by atoms with Gasteiger partial charge in [0.1, 0.15) is 6.26 Å². The first-order chi connectivity index (χ1) is 12.3. The van der Waals surface area contributed by atoms with Gasteiger partial charge in [0, 0.05) is 28.1 Å². The molecule has 0 saturated carbocycles. The minimum Gasteiger partial charge on any atom is -0.364 e. The topological polar surface area (TPSA) is 56.7 Å². The van der Waals surface area contributed by atoms with Gasteiger partial charge in [0.15, 0.2) is 11.0 Å². The first-order valence-corrected chi connectivity index (χ1v) is 8.96. The van der Waals surface area contributed by atoms with Gasteiger partial charge in [-0.25, -0.2) is 0 Å². The van der Waals surface area contributed by atoms with Crippen molar-refractivity contribution in [1.29, 1.82) is 0 Å². The summed E-state index contributed by atoms with van der Waals surface area (Å²) < 4.78 is 6.92. The molecule has 0 atom stereocenters. The standard InChI is InChI=1S/C18H13ClN4OS/c19-14-8-6-13(7-9-14)17-20-21-18(25-12-15-10-11-24-22-15)23(17)16-4-2-1-3-5-16/h1-11H,12H2. The molecule has 2 aromatic heterocycles. The van der Waals surface area contributed by atoms with Crippen LogP contribution in [0, 0.1) is 0 Å². The number of halogens is 1. The SMILES string of the molecule is Clc1ccc(-c2nnc(SCc3ccon3)n2-c2ccccc2)cc1. The molecule has 0 fully saturated rings. The van der Waals surface area contributed by atoms with Crippen molar-refractivity contribution in [2.24, 2.45) is 0 Å². The Balaban J connectivity index is 1.75. The average molecular weight is 369 g/mol. The molecule has 0 radical (unpaired) electrons. The quantitative estimate of drug-likeness (QED) is 0.470. The summed E-state index contributed by atoms with van der Waals surface area (Å²) in [5.41, 5.74) is 2.81. The Bertz CT molecular complexity index is 953. The molecule has 0 aliphatic rings. The maximum atomic E-state index is 6.01. The smallest absolute Gasteiger partial charge is 0.196 e. The third kappa shape index (κ3) is 3.45. The van der Waals surface area contributed by atoms with E-state index in [4.69, 9.17) is 16.1 Å². The van der Waals surface area contributed by atoms with Crippen molar-refractivity contribution in [2.45, 2.75) is 10.9 Å². The van der Waals surface area contributed by atoms with Gasteiger partial charge in [0.2, 0.25) is 0 Å². The molecule has 0 spiro atoms. The fourth-order valence-electron chi connectivity index (χ4n) is 2.41. The van der Waals surface area contributed by atoms with Crippen molar-refractivity contribution >= 4 is 23.4 Å². The van der Waals surface area contributed by atoms with Crippen LogP contribution in [0.1, 0.15) is 5.69 Å². The molecular formula is C18H13ClN4OS. The van der Waals surface area contributed by atoms with Crippen LogP contribution in [0.2, 0.25) is 5.02 Å². The molecule has 0 N–H and O–H groups in total. The first-order valence-electron chi connectivity index (χ1n) is 7.60. The number of hydrogen-bond donors (Lipinski definition) is 0. The Morgan fingerprint density at radius 3 is 2.48 bits per heavy atom. The third-order valence-corrected chi connectivity index (χ3v) is 4.81. The van der Waals surface area contributed by atoms with Crippen molar-refractivity contribution in [1.82, 2.24) is 19.9 Å². The molecule has 124 valence electrons. The lowest BCUT2D eigenvalue weighted by Crippen LogP contribution is -1.99. The zero-order valence-electron chi connectivity index (χ0n) is 13.0. The lowest BCUT2D eigenvalue weighted by atomic mass is 10.2. The third-order valence-electron chi connectivity index (χ3n) is 3.59. The van der Waals surface area contributed by atoms with E-state index in [0.29, 0.717) is 10.8 Å². The van der Waals surface area contributed by atoms with Gasteiger partial charge in [-0.3, -0.25) is 4.57 Å². The van der Waals surface area contributed by atoms with Crippen LogP contribution in [0.25, 0.3) is 17.1 Å². The highest BCUT2D eigenvalue weighted by atomic mass is 35.5. The molecule has 0 amide bonds. The van der Waals surface area contributed by atoms with E-state index in [1.165, 1.54) is 0 Å². The maximum Gasteiger partial charge on any atom is 0.196 e. The number of hydrogen-bond acceptors (Lipinski definition) is 5. The minimum atomic E-state index is 0.655. The molecule has 0 saturated heterocycles. The predicted octanol–water partition coefficient (Wildman–Crippen LogP) is 4.87. The van der Waals surface area contributed by atoms with Crippen LogP contribution in [0.3, 0.4) is 0 Å². The number of para-hydroxylation sites is 1. The van der Waals surface area contributed by atoms with Gasteiger partial charge in [-0.2, -0.15) is 0 Å². The highest BCUT2D eigenvalue weighted by molar-refractivity contribution is 7.98. The molecule has 2 heterocycles. The van der Waals surface area contributed by atoms with Gasteiger partial charge < -0.3 is 4.52 Å². The van der Waals surface area contributed by atoms with Crippen LogP contribution < -0.4 is 0 Å². The summed E-state index contributed by atoms with van der Waals surface area (Å²) in [6.07, 6.45) is 1.57. The zero-order valence-corrected chi connectivity index (χ0v) is 14.6. The van der Waals surface area contributed by atoms with Gasteiger partial charge in [0.25, 0.3) is 0 Å². The van der Waals surface area contributed by atoms with Gasteiger partial charge in [-0.05, 0) is 36.4 Å². The highest BCUT2D eigenvalue weighted by Crippen LogP contribution is 2.29. The maximum absolute atomic E-state index is 6.01. The number of rotatable bonds is 5. The van der Waals surface area contributed by atoms with Gasteiger partial charge >= 0.3 is 0 Å². The summed E-state index contributed by atoms with van der Waals surface area (Å²) in [4.78, 5) is 0. The van der Waals surface area contributed by atoms with E-state index >= 15 is 0 Å². The Kier molecular flexibility index (Phi) is 4.54. The van der Waals surface area contributed by atoms with Gasteiger partial charge in [0.05, 0.1) is 5.69 Å². The second kappa shape index (κ2) is 7.13. The Morgan fingerprint density at radius 2 is 1.76 bits per heavy atom. The van der Waals surface area contributed by atoms with E-state index in [-0.39, 0.29) is 0 Å². The predicted molar refractivity (Wildman–Crippen MR) is 97.9 cm³/mol. The van der Waals surface area contributed by atoms with Crippen LogP contribution in [0.4, 0.5) is 0 Å². The van der Waals surface area contributed by atoms with Crippen LogP contribution in [0.5, 0.6) is 0 Å². The number of aromatic nitrogens is 4. The lowest BCUT2D eigenvalue weighted by molar-refractivity contribution is 0.414. The highest BCUT2D eigenvalue weighted by Gasteiger charge is 2.16. The van der Waals surface area contributed by atoms with Crippen molar-refractivity contribution in [3.05, 3.63) is 77.6 Å². The summed E-state index contributed by atoms with van der Waals surface area (Å²) in [6, 6.07) is 19.5. The molecular weight excluding hydrogens is 356 g/mol. The number of nitrogens with zero attached hydrogens (tertiary/aromatic N) is 4. The van der Waals surface area contributed by atoms with Crippen molar-refractivity contribution < 1.29 is 4.52 Å². The fraction of sp³-hybridized carbons (Fsp3) is 0.0556. The average Bonchev–Trinajstić information content (AvgIpc) is 3.31. The van der Waals surface area contributed by atoms with Crippen LogP contribution in [0.15, 0.2) is 76.6 Å². The minimum absolute atomic E-state index is 0.655. The molecule has 0 unspecified atom stereocenters. The van der Waals surface area contributed by atoms with Crippen LogP contribution in [-0.2, 0) is 5.75 Å². The molecule has 0 aliphatic carbocycles. The lowest BCUT2D eigenvalue weighted by Gasteiger charge is -2.10. The van der Waals surface area contributed by atoms with E-state index in [2.05, 4.69) is 15.4 Å². The first kappa shape index (κ1) is 15.9. The molecule has 4 rings (SSSR count). The Labute approximate surface area is 153 Å². The molecule has 2 aromatic carbocycles. The second-order valence-electron chi connectivity index (χ2n) is 5.26. The van der Waals surface area contributed by atoms with Crippen molar-refractivity contribution in [3.8, 4) is 17.1 Å². The van der Waals surface area contributed by atoms with E-state index in [9.17, 15) is 0 Å². The second-order valence-corrected chi connectivity index (χ2v) is 6.64. The summed E-state index contributed by atoms with van der Waals surface area (Å²) in [6.45, 7) is 0. The Morgan fingerprint density at radius 1 is 0.960 bits per heavy atom. The monoisotopic (exact) mass is 368 g/mol. The van der Waals surface area contributed by atoms with Crippen LogP contribution in [-0.4, -0.2) is 19.9 Å². The molecule has 0 bridgehead atoms. The summed E-state index contributed by atoms with van der Waals surface area (Å²) in [7, 11) is 0. The summed E-state index contributed by atoms with van der Waals surface area (Å²) in [5, 5.41) is 14.2.